The van der Waals surface area contributed by atoms with Crippen molar-refractivity contribution in [3.8, 4) is 5.69 Å². The Morgan fingerprint density at radius 2 is 2.00 bits per heavy atom. The monoisotopic (exact) mass is 339 g/mol. The summed E-state index contributed by atoms with van der Waals surface area (Å²) < 4.78 is 1.81. The van der Waals surface area contributed by atoms with Gasteiger partial charge in [-0.3, -0.25) is 14.2 Å². The molecule has 2 heterocycles. The first kappa shape index (κ1) is 15.8. The zero-order valence-electron chi connectivity index (χ0n) is 13.9. The van der Waals surface area contributed by atoms with Crippen LogP contribution in [0, 0.1) is 0 Å². The standard InChI is InChI=1S/C18H21N5O2/c24-16(22-18-8-2-1-3-15(18)21-17(25)10-18)9-13-4-6-14(7-5-13)23-11-19-20-12-23/h4-7,11-12,15H,1-3,8-10H2,(H,21,25)(H,22,24)/t15-,18+/m0/s1. The average molecular weight is 339 g/mol. The van der Waals surface area contributed by atoms with Gasteiger partial charge in [-0.15, -0.1) is 10.2 Å². The molecule has 7 nitrogen and oxygen atoms in total. The molecule has 1 aromatic carbocycles. The zero-order valence-corrected chi connectivity index (χ0v) is 13.9. The van der Waals surface area contributed by atoms with Gasteiger partial charge in [0, 0.05) is 5.69 Å². The molecule has 1 aliphatic heterocycles. The molecule has 0 spiro atoms. The first-order valence-electron chi connectivity index (χ1n) is 8.69. The molecule has 0 unspecified atom stereocenters. The van der Waals surface area contributed by atoms with Gasteiger partial charge in [0.1, 0.15) is 12.7 Å². The van der Waals surface area contributed by atoms with Gasteiger partial charge in [0.2, 0.25) is 11.8 Å². The second kappa shape index (κ2) is 6.31. The Hall–Kier alpha value is -2.70. The largest absolute Gasteiger partial charge is 0.351 e. The second-order valence-corrected chi connectivity index (χ2v) is 6.96. The number of benzene rings is 1. The normalized spacial score (nSPS) is 25.3. The van der Waals surface area contributed by atoms with E-state index in [1.807, 2.05) is 28.8 Å². The average Bonchev–Trinajstić information content (AvgIpc) is 3.22. The molecule has 1 aliphatic carbocycles. The minimum absolute atomic E-state index is 0.0274. The summed E-state index contributed by atoms with van der Waals surface area (Å²) in [4.78, 5) is 24.4. The highest BCUT2D eigenvalue weighted by atomic mass is 16.2. The lowest BCUT2D eigenvalue weighted by molar-refractivity contribution is -0.123. The van der Waals surface area contributed by atoms with Crippen LogP contribution in [0.15, 0.2) is 36.9 Å². The number of hydrogen-bond acceptors (Lipinski definition) is 4. The first-order chi connectivity index (χ1) is 12.1. The van der Waals surface area contributed by atoms with Gasteiger partial charge >= 0.3 is 0 Å². The Morgan fingerprint density at radius 3 is 2.76 bits per heavy atom. The lowest BCUT2D eigenvalue weighted by Crippen LogP contribution is -2.57. The van der Waals surface area contributed by atoms with E-state index in [4.69, 9.17) is 0 Å². The van der Waals surface area contributed by atoms with Crippen LogP contribution in [0.3, 0.4) is 0 Å². The van der Waals surface area contributed by atoms with Gasteiger partial charge < -0.3 is 10.6 Å². The molecule has 1 saturated heterocycles. The van der Waals surface area contributed by atoms with Gasteiger partial charge in [-0.1, -0.05) is 25.0 Å². The van der Waals surface area contributed by atoms with Crippen LogP contribution in [0.4, 0.5) is 0 Å². The Kier molecular flexibility index (Phi) is 3.99. The summed E-state index contributed by atoms with van der Waals surface area (Å²) in [6, 6.07) is 7.82. The molecular weight excluding hydrogens is 318 g/mol. The van der Waals surface area contributed by atoms with E-state index in [-0.39, 0.29) is 17.9 Å². The maximum atomic E-state index is 12.6. The van der Waals surface area contributed by atoms with E-state index in [1.165, 1.54) is 0 Å². The lowest BCUT2D eigenvalue weighted by atomic mass is 9.77. The molecule has 130 valence electrons. The van der Waals surface area contributed by atoms with E-state index in [1.54, 1.807) is 12.7 Å². The van der Waals surface area contributed by atoms with E-state index in [0.717, 1.165) is 36.9 Å². The number of hydrogen-bond donors (Lipinski definition) is 2. The van der Waals surface area contributed by atoms with Crippen molar-refractivity contribution in [2.75, 3.05) is 0 Å². The van der Waals surface area contributed by atoms with Crippen molar-refractivity contribution in [1.29, 1.82) is 0 Å². The van der Waals surface area contributed by atoms with Crippen molar-refractivity contribution in [3.63, 3.8) is 0 Å². The molecule has 25 heavy (non-hydrogen) atoms. The number of carbonyl (C=O) groups is 2. The van der Waals surface area contributed by atoms with Gasteiger partial charge in [-0.05, 0) is 30.5 Å². The van der Waals surface area contributed by atoms with Gasteiger partial charge in [-0.2, -0.15) is 0 Å². The quantitative estimate of drug-likeness (QED) is 0.874. The second-order valence-electron chi connectivity index (χ2n) is 6.96. The highest BCUT2D eigenvalue weighted by Gasteiger charge is 2.48. The Morgan fingerprint density at radius 1 is 1.24 bits per heavy atom. The minimum Gasteiger partial charge on any atom is -0.351 e. The molecule has 7 heteroatoms. The number of carbonyl (C=O) groups excluding carboxylic acids is 2. The summed E-state index contributed by atoms with van der Waals surface area (Å²) in [5.74, 6) is 0.0194. The number of nitrogens with one attached hydrogen (secondary N) is 2. The molecule has 2 fully saturated rings. The summed E-state index contributed by atoms with van der Waals surface area (Å²) >= 11 is 0. The number of fused-ring (bicyclic) bond motifs is 1. The molecule has 2 aliphatic rings. The summed E-state index contributed by atoms with van der Waals surface area (Å²) in [5.41, 5.74) is 1.50. The topological polar surface area (TPSA) is 88.9 Å². The molecule has 2 atom stereocenters. The molecule has 4 rings (SSSR count). The third-order valence-electron chi connectivity index (χ3n) is 5.25. The van der Waals surface area contributed by atoms with Crippen molar-refractivity contribution >= 4 is 11.8 Å². The van der Waals surface area contributed by atoms with Crippen LogP contribution in [0.2, 0.25) is 0 Å². The van der Waals surface area contributed by atoms with Crippen molar-refractivity contribution in [3.05, 3.63) is 42.5 Å². The van der Waals surface area contributed by atoms with Crippen LogP contribution in [-0.2, 0) is 16.0 Å². The van der Waals surface area contributed by atoms with E-state index in [2.05, 4.69) is 20.8 Å². The van der Waals surface area contributed by atoms with Gasteiger partial charge in [0.15, 0.2) is 0 Å². The lowest BCUT2D eigenvalue weighted by Gasteiger charge is -2.38. The highest BCUT2D eigenvalue weighted by Crippen LogP contribution is 2.35. The Balaban J connectivity index is 1.42. The van der Waals surface area contributed by atoms with Crippen LogP contribution >= 0.6 is 0 Å². The van der Waals surface area contributed by atoms with Gasteiger partial charge in [-0.25, -0.2) is 0 Å². The predicted molar refractivity (Wildman–Crippen MR) is 91.0 cm³/mol. The van der Waals surface area contributed by atoms with Crippen LogP contribution in [0.25, 0.3) is 5.69 Å². The predicted octanol–water partition coefficient (Wildman–Crippen LogP) is 1.13. The maximum absolute atomic E-state index is 12.6. The van der Waals surface area contributed by atoms with E-state index >= 15 is 0 Å². The molecule has 0 radical (unpaired) electrons. The summed E-state index contributed by atoms with van der Waals surface area (Å²) in [5, 5.41) is 13.8. The van der Waals surface area contributed by atoms with Gasteiger partial charge in [0.25, 0.3) is 0 Å². The van der Waals surface area contributed by atoms with E-state index < -0.39 is 5.54 Å². The fourth-order valence-corrected chi connectivity index (χ4v) is 4.01. The maximum Gasteiger partial charge on any atom is 0.224 e. The van der Waals surface area contributed by atoms with Crippen molar-refractivity contribution in [2.24, 2.45) is 0 Å². The molecular formula is C18H21N5O2. The third kappa shape index (κ3) is 3.14. The van der Waals surface area contributed by atoms with Crippen molar-refractivity contribution in [2.45, 2.75) is 50.1 Å². The summed E-state index contributed by atoms with van der Waals surface area (Å²) in [6.45, 7) is 0. The Bertz CT molecular complexity index is 771. The van der Waals surface area contributed by atoms with Crippen LogP contribution in [-0.4, -0.2) is 38.2 Å². The Labute approximate surface area is 145 Å². The number of rotatable bonds is 4. The highest BCUT2D eigenvalue weighted by molar-refractivity contribution is 5.85. The van der Waals surface area contributed by atoms with Crippen LogP contribution in [0.1, 0.15) is 37.7 Å². The van der Waals surface area contributed by atoms with Crippen molar-refractivity contribution in [1.82, 2.24) is 25.4 Å². The van der Waals surface area contributed by atoms with Crippen molar-refractivity contribution < 1.29 is 9.59 Å². The minimum atomic E-state index is -0.394. The number of nitrogens with zero attached hydrogens (tertiary/aromatic N) is 3. The first-order valence-corrected chi connectivity index (χ1v) is 8.69. The summed E-state index contributed by atoms with van der Waals surface area (Å²) in [6.07, 6.45) is 7.95. The fourth-order valence-electron chi connectivity index (χ4n) is 4.01. The smallest absolute Gasteiger partial charge is 0.224 e. The molecule has 2 amide bonds. The number of aromatic nitrogens is 3. The van der Waals surface area contributed by atoms with E-state index in [0.29, 0.717) is 12.8 Å². The molecule has 1 saturated carbocycles. The van der Waals surface area contributed by atoms with E-state index in [9.17, 15) is 9.59 Å². The summed E-state index contributed by atoms with van der Waals surface area (Å²) in [7, 11) is 0. The molecule has 2 N–H and O–H groups in total. The van der Waals surface area contributed by atoms with Gasteiger partial charge in [0.05, 0.1) is 24.4 Å². The van der Waals surface area contributed by atoms with Crippen LogP contribution in [0.5, 0.6) is 0 Å². The SMILES string of the molecule is O=C1C[C@]2(NC(=O)Cc3ccc(-n4cnnc4)cc3)CCCC[C@@H]2N1. The zero-order chi connectivity index (χ0) is 17.3. The third-order valence-corrected chi connectivity index (χ3v) is 5.25. The number of amides is 2. The molecule has 1 aromatic heterocycles. The molecule has 0 bridgehead atoms. The fraction of sp³-hybridized carbons (Fsp3) is 0.444. The molecule has 2 aromatic rings. The van der Waals surface area contributed by atoms with Crippen LogP contribution < -0.4 is 10.6 Å².